The van der Waals surface area contributed by atoms with Crippen LogP contribution in [-0.2, 0) is 6.42 Å². The maximum Gasteiger partial charge on any atom is 0.277 e. The van der Waals surface area contributed by atoms with Gasteiger partial charge in [0.1, 0.15) is 6.26 Å². The summed E-state index contributed by atoms with van der Waals surface area (Å²) in [6.07, 6.45) is 1.94. The lowest BCUT2D eigenvalue weighted by atomic mass is 10.1. The number of aromatic nitrogens is 1. The van der Waals surface area contributed by atoms with Gasteiger partial charge in [0.15, 0.2) is 5.69 Å². The first-order chi connectivity index (χ1) is 12.0. The molecule has 5 nitrogen and oxygen atoms in total. The fourth-order valence-electron chi connectivity index (χ4n) is 2.53. The summed E-state index contributed by atoms with van der Waals surface area (Å²) >= 11 is 0. The predicted octanol–water partition coefficient (Wildman–Crippen LogP) is 3.79. The highest BCUT2D eigenvalue weighted by Gasteiger charge is 2.17. The van der Waals surface area contributed by atoms with Crippen molar-refractivity contribution < 1.29 is 9.21 Å². The molecule has 0 spiro atoms. The number of hydrogen-bond acceptors (Lipinski definition) is 4. The standard InChI is InChI=1S/C20H21N3O2/c1-13-8-9-16(10-14(13)2)22-19(24)18-12-25-20(23-18)17(21)11-15-6-4-3-5-7-15/h3-10,12,17H,11,21H2,1-2H3,(H,22,24). The van der Waals surface area contributed by atoms with Gasteiger partial charge in [-0.1, -0.05) is 36.4 Å². The highest BCUT2D eigenvalue weighted by Crippen LogP contribution is 2.18. The largest absolute Gasteiger partial charge is 0.446 e. The van der Waals surface area contributed by atoms with Gasteiger partial charge in [0.2, 0.25) is 5.89 Å². The van der Waals surface area contributed by atoms with E-state index in [-0.39, 0.29) is 11.6 Å². The summed E-state index contributed by atoms with van der Waals surface area (Å²) in [6, 6.07) is 15.2. The van der Waals surface area contributed by atoms with E-state index in [4.69, 9.17) is 10.2 Å². The summed E-state index contributed by atoms with van der Waals surface area (Å²) in [5, 5.41) is 2.83. The number of oxazole rings is 1. The smallest absolute Gasteiger partial charge is 0.277 e. The molecule has 5 heteroatoms. The molecule has 0 saturated heterocycles. The Bertz CT molecular complexity index is 872. The average molecular weight is 335 g/mol. The molecule has 128 valence electrons. The third kappa shape index (κ3) is 4.14. The molecule has 0 radical (unpaired) electrons. The van der Waals surface area contributed by atoms with E-state index in [1.807, 2.05) is 62.4 Å². The minimum absolute atomic E-state index is 0.219. The number of carbonyl (C=O) groups is 1. The third-order valence-corrected chi connectivity index (χ3v) is 4.14. The quantitative estimate of drug-likeness (QED) is 0.743. The lowest BCUT2D eigenvalue weighted by molar-refractivity contribution is 0.102. The summed E-state index contributed by atoms with van der Waals surface area (Å²) in [4.78, 5) is 16.6. The Morgan fingerprint density at radius 1 is 1.16 bits per heavy atom. The molecule has 1 atom stereocenters. The molecule has 1 heterocycles. The number of anilines is 1. The zero-order valence-electron chi connectivity index (χ0n) is 14.3. The molecule has 1 aromatic heterocycles. The van der Waals surface area contributed by atoms with Crippen LogP contribution < -0.4 is 11.1 Å². The number of nitrogens with zero attached hydrogens (tertiary/aromatic N) is 1. The molecule has 0 fully saturated rings. The van der Waals surface area contributed by atoms with Gasteiger partial charge < -0.3 is 15.5 Å². The van der Waals surface area contributed by atoms with Crippen molar-refractivity contribution in [3.8, 4) is 0 Å². The van der Waals surface area contributed by atoms with Crippen LogP contribution in [0.25, 0.3) is 0 Å². The summed E-state index contributed by atoms with van der Waals surface area (Å²) in [6.45, 7) is 4.03. The number of nitrogens with two attached hydrogens (primary N) is 1. The van der Waals surface area contributed by atoms with E-state index in [0.29, 0.717) is 12.3 Å². The highest BCUT2D eigenvalue weighted by atomic mass is 16.3. The Morgan fingerprint density at radius 2 is 1.92 bits per heavy atom. The lowest BCUT2D eigenvalue weighted by Crippen LogP contribution is -2.16. The molecule has 1 unspecified atom stereocenters. The van der Waals surface area contributed by atoms with Gasteiger partial charge in [0.25, 0.3) is 5.91 Å². The minimum Gasteiger partial charge on any atom is -0.446 e. The van der Waals surface area contributed by atoms with E-state index in [9.17, 15) is 4.79 Å². The normalized spacial score (nSPS) is 12.0. The van der Waals surface area contributed by atoms with Crippen LogP contribution in [0.2, 0.25) is 0 Å². The van der Waals surface area contributed by atoms with Gasteiger partial charge in [-0.3, -0.25) is 4.79 Å². The van der Waals surface area contributed by atoms with Crippen LogP contribution >= 0.6 is 0 Å². The molecule has 3 rings (SSSR count). The van der Waals surface area contributed by atoms with Gasteiger partial charge >= 0.3 is 0 Å². The van der Waals surface area contributed by atoms with Crippen LogP contribution in [0.5, 0.6) is 0 Å². The molecule has 0 bridgehead atoms. The van der Waals surface area contributed by atoms with E-state index >= 15 is 0 Å². The lowest BCUT2D eigenvalue weighted by Gasteiger charge is -2.07. The predicted molar refractivity (Wildman–Crippen MR) is 97.4 cm³/mol. The number of rotatable bonds is 5. The first-order valence-electron chi connectivity index (χ1n) is 8.16. The SMILES string of the molecule is Cc1ccc(NC(=O)c2coc(C(N)Cc3ccccc3)n2)cc1C. The number of hydrogen-bond donors (Lipinski definition) is 2. The molecular formula is C20H21N3O2. The van der Waals surface area contributed by atoms with Crippen molar-refractivity contribution in [3.63, 3.8) is 0 Å². The van der Waals surface area contributed by atoms with Crippen molar-refractivity contribution in [3.05, 3.63) is 83.1 Å². The van der Waals surface area contributed by atoms with E-state index < -0.39 is 6.04 Å². The Labute approximate surface area is 146 Å². The summed E-state index contributed by atoms with van der Waals surface area (Å²) < 4.78 is 5.40. The van der Waals surface area contributed by atoms with Gasteiger partial charge in [-0.25, -0.2) is 4.98 Å². The maximum absolute atomic E-state index is 12.3. The monoisotopic (exact) mass is 335 g/mol. The first-order valence-corrected chi connectivity index (χ1v) is 8.16. The number of nitrogens with one attached hydrogen (secondary N) is 1. The Hall–Kier alpha value is -2.92. The van der Waals surface area contributed by atoms with Gasteiger partial charge in [-0.2, -0.15) is 0 Å². The Balaban J connectivity index is 1.67. The molecule has 0 saturated carbocycles. The third-order valence-electron chi connectivity index (χ3n) is 4.14. The van der Waals surface area contributed by atoms with Crippen LogP contribution in [0.4, 0.5) is 5.69 Å². The number of benzene rings is 2. The van der Waals surface area contributed by atoms with E-state index in [0.717, 1.165) is 16.8 Å². The second-order valence-electron chi connectivity index (χ2n) is 6.12. The summed E-state index contributed by atoms with van der Waals surface area (Å²) in [5.74, 6) is 0.0410. The number of aryl methyl sites for hydroxylation is 2. The summed E-state index contributed by atoms with van der Waals surface area (Å²) in [5.41, 5.74) is 10.5. The zero-order valence-corrected chi connectivity index (χ0v) is 14.3. The fraction of sp³-hybridized carbons (Fsp3) is 0.200. The van der Waals surface area contributed by atoms with Crippen molar-refractivity contribution >= 4 is 11.6 Å². The number of carbonyl (C=O) groups excluding carboxylic acids is 1. The second-order valence-corrected chi connectivity index (χ2v) is 6.12. The zero-order chi connectivity index (χ0) is 17.8. The van der Waals surface area contributed by atoms with Crippen LogP contribution in [0.1, 0.15) is 39.1 Å². The van der Waals surface area contributed by atoms with Crippen molar-refractivity contribution in [1.82, 2.24) is 4.98 Å². The Morgan fingerprint density at radius 3 is 2.64 bits per heavy atom. The molecule has 2 aromatic carbocycles. The van der Waals surface area contributed by atoms with Crippen molar-refractivity contribution in [2.24, 2.45) is 5.73 Å². The minimum atomic E-state index is -0.398. The molecular weight excluding hydrogens is 314 g/mol. The molecule has 1 amide bonds. The van der Waals surface area contributed by atoms with E-state index in [1.165, 1.54) is 11.8 Å². The topological polar surface area (TPSA) is 81.2 Å². The molecule has 3 N–H and O–H groups in total. The van der Waals surface area contributed by atoms with Gasteiger partial charge in [0, 0.05) is 5.69 Å². The fourth-order valence-corrected chi connectivity index (χ4v) is 2.53. The van der Waals surface area contributed by atoms with E-state index in [1.54, 1.807) is 0 Å². The molecule has 0 aliphatic carbocycles. The molecule has 3 aromatic rings. The number of amides is 1. The highest BCUT2D eigenvalue weighted by molar-refractivity contribution is 6.02. The van der Waals surface area contributed by atoms with Crippen LogP contribution in [0.3, 0.4) is 0 Å². The van der Waals surface area contributed by atoms with Gasteiger partial charge in [0.05, 0.1) is 6.04 Å². The van der Waals surface area contributed by atoms with Gasteiger partial charge in [-0.05, 0) is 49.1 Å². The first kappa shape index (κ1) is 16.9. The molecule has 25 heavy (non-hydrogen) atoms. The van der Waals surface area contributed by atoms with Crippen LogP contribution in [0, 0.1) is 13.8 Å². The summed E-state index contributed by atoms with van der Waals surface area (Å²) in [7, 11) is 0. The van der Waals surface area contributed by atoms with Gasteiger partial charge in [-0.15, -0.1) is 0 Å². The van der Waals surface area contributed by atoms with Crippen molar-refractivity contribution in [1.29, 1.82) is 0 Å². The Kier molecular flexibility index (Phi) is 4.95. The maximum atomic E-state index is 12.3. The van der Waals surface area contributed by atoms with Crippen LogP contribution in [-0.4, -0.2) is 10.9 Å². The van der Waals surface area contributed by atoms with Crippen LogP contribution in [0.15, 0.2) is 59.2 Å². The average Bonchev–Trinajstić information content (AvgIpc) is 3.09. The van der Waals surface area contributed by atoms with E-state index in [2.05, 4.69) is 10.3 Å². The van der Waals surface area contributed by atoms with Crippen molar-refractivity contribution in [2.45, 2.75) is 26.3 Å². The van der Waals surface area contributed by atoms with Crippen molar-refractivity contribution in [2.75, 3.05) is 5.32 Å². The molecule has 0 aliphatic rings. The molecule has 0 aliphatic heterocycles. The second kappa shape index (κ2) is 7.32.